The summed E-state index contributed by atoms with van der Waals surface area (Å²) >= 11 is 0. The lowest BCUT2D eigenvalue weighted by Crippen LogP contribution is -2.29. The van der Waals surface area contributed by atoms with Crippen molar-refractivity contribution < 1.29 is 22.5 Å². The molecule has 0 spiro atoms. The summed E-state index contributed by atoms with van der Waals surface area (Å²) in [6, 6.07) is 9.05. The molecule has 1 aliphatic rings. The average Bonchev–Trinajstić information content (AvgIpc) is 3.22. The molecule has 0 aliphatic carbocycles. The fraction of sp³-hybridized carbons (Fsp3) is 0.278. The van der Waals surface area contributed by atoms with Crippen LogP contribution in [0.25, 0.3) is 0 Å². The third kappa shape index (κ3) is 4.02. The normalized spacial score (nSPS) is 14.8. The van der Waals surface area contributed by atoms with Crippen LogP contribution in [0.2, 0.25) is 0 Å². The zero-order valence-corrected chi connectivity index (χ0v) is 15.6. The predicted octanol–water partition coefficient (Wildman–Crippen LogP) is 2.45. The molecular weight excluding hydrogens is 389 g/mol. The van der Waals surface area contributed by atoms with Crippen LogP contribution in [0.4, 0.5) is 10.1 Å². The Hall–Kier alpha value is -2.85. The maximum absolute atomic E-state index is 14.2. The van der Waals surface area contributed by atoms with E-state index in [9.17, 15) is 27.7 Å². The molecule has 28 heavy (non-hydrogen) atoms. The highest BCUT2D eigenvalue weighted by atomic mass is 32.2. The van der Waals surface area contributed by atoms with E-state index in [0.29, 0.717) is 31.5 Å². The summed E-state index contributed by atoms with van der Waals surface area (Å²) in [5, 5.41) is 13.5. The Balaban J connectivity index is 1.81. The lowest BCUT2D eigenvalue weighted by molar-refractivity contribution is -0.385. The first-order chi connectivity index (χ1) is 13.3. The Morgan fingerprint density at radius 1 is 1.18 bits per heavy atom. The highest BCUT2D eigenvalue weighted by Gasteiger charge is 2.30. The van der Waals surface area contributed by atoms with Gasteiger partial charge in [-0.2, -0.15) is 4.31 Å². The van der Waals surface area contributed by atoms with Crippen LogP contribution in [-0.4, -0.2) is 36.6 Å². The molecule has 148 valence electrons. The van der Waals surface area contributed by atoms with Gasteiger partial charge >= 0.3 is 0 Å². The quantitative estimate of drug-likeness (QED) is 0.584. The standard InChI is InChI=1S/C18H18FN3O5S/c19-15-8-7-13(11-17(15)28(26,27)21-9-3-4-10-21)18(23)20-12-14-5-1-2-6-16(14)22(24)25/h1-2,5-8,11H,3-4,9-10,12H2,(H,20,23). The summed E-state index contributed by atoms with van der Waals surface area (Å²) in [5.41, 5.74) is 0.116. The number of carbonyl (C=O) groups is 1. The Kier molecular flexibility index (Phi) is 5.71. The van der Waals surface area contributed by atoms with Crippen LogP contribution >= 0.6 is 0 Å². The minimum Gasteiger partial charge on any atom is -0.348 e. The molecule has 1 aliphatic heterocycles. The molecule has 2 aromatic carbocycles. The van der Waals surface area contributed by atoms with Gasteiger partial charge in [-0.25, -0.2) is 12.8 Å². The van der Waals surface area contributed by atoms with Crippen LogP contribution in [0, 0.1) is 15.9 Å². The van der Waals surface area contributed by atoms with Crippen molar-refractivity contribution in [2.75, 3.05) is 13.1 Å². The van der Waals surface area contributed by atoms with Gasteiger partial charge < -0.3 is 5.32 Å². The van der Waals surface area contributed by atoms with Crippen molar-refractivity contribution in [3.05, 3.63) is 69.5 Å². The van der Waals surface area contributed by atoms with Gasteiger partial charge in [0.25, 0.3) is 11.6 Å². The summed E-state index contributed by atoms with van der Waals surface area (Å²) in [6.07, 6.45) is 1.41. The maximum Gasteiger partial charge on any atom is 0.274 e. The van der Waals surface area contributed by atoms with Crippen molar-refractivity contribution >= 4 is 21.6 Å². The van der Waals surface area contributed by atoms with Gasteiger partial charge in [0.1, 0.15) is 10.7 Å². The number of nitro groups is 1. The Bertz CT molecular complexity index is 1020. The second-order valence-electron chi connectivity index (χ2n) is 6.32. The van der Waals surface area contributed by atoms with Gasteiger partial charge in [0.15, 0.2) is 0 Å². The molecule has 1 fully saturated rings. The Morgan fingerprint density at radius 2 is 1.86 bits per heavy atom. The zero-order valence-electron chi connectivity index (χ0n) is 14.8. The lowest BCUT2D eigenvalue weighted by atomic mass is 10.1. The number of amides is 1. The van der Waals surface area contributed by atoms with Crippen molar-refractivity contribution in [1.82, 2.24) is 9.62 Å². The average molecular weight is 407 g/mol. The lowest BCUT2D eigenvalue weighted by Gasteiger charge is -2.16. The van der Waals surface area contributed by atoms with E-state index < -0.39 is 31.6 Å². The summed E-state index contributed by atoms with van der Waals surface area (Å²) in [6.45, 7) is 0.507. The molecule has 0 bridgehead atoms. The van der Waals surface area contributed by atoms with Crippen molar-refractivity contribution in [2.24, 2.45) is 0 Å². The molecule has 0 aromatic heterocycles. The molecule has 0 unspecified atom stereocenters. The number of carbonyl (C=O) groups excluding carboxylic acids is 1. The van der Waals surface area contributed by atoms with Crippen molar-refractivity contribution in [1.29, 1.82) is 0 Å². The fourth-order valence-corrected chi connectivity index (χ4v) is 4.63. The summed E-state index contributed by atoms with van der Waals surface area (Å²) in [5.74, 6) is -1.59. The summed E-state index contributed by atoms with van der Waals surface area (Å²) in [7, 11) is -4.02. The second-order valence-corrected chi connectivity index (χ2v) is 8.23. The molecule has 10 heteroatoms. The van der Waals surface area contributed by atoms with E-state index in [2.05, 4.69) is 5.32 Å². The first-order valence-corrected chi connectivity index (χ1v) is 10.0. The van der Waals surface area contributed by atoms with Gasteiger partial charge in [-0.1, -0.05) is 18.2 Å². The van der Waals surface area contributed by atoms with Gasteiger partial charge in [0.2, 0.25) is 10.0 Å². The molecule has 0 radical (unpaired) electrons. The molecule has 8 nitrogen and oxygen atoms in total. The number of sulfonamides is 1. The first kappa shape index (κ1) is 19.9. The van der Waals surface area contributed by atoms with Crippen LogP contribution < -0.4 is 5.32 Å². The topological polar surface area (TPSA) is 110 Å². The molecule has 2 aromatic rings. The second kappa shape index (κ2) is 8.03. The number of rotatable bonds is 6. The van der Waals surface area contributed by atoms with E-state index in [1.54, 1.807) is 6.07 Å². The summed E-state index contributed by atoms with van der Waals surface area (Å²) < 4.78 is 40.6. The third-order valence-corrected chi connectivity index (χ3v) is 6.42. The number of hydrogen-bond acceptors (Lipinski definition) is 5. The van der Waals surface area contributed by atoms with Crippen molar-refractivity contribution in [3.63, 3.8) is 0 Å². The SMILES string of the molecule is O=C(NCc1ccccc1[N+](=O)[O-])c1ccc(F)c(S(=O)(=O)N2CCCC2)c1. The number of nitrogens with one attached hydrogen (secondary N) is 1. The zero-order chi connectivity index (χ0) is 20.3. The molecule has 1 saturated heterocycles. The van der Waals surface area contributed by atoms with Gasteiger partial charge in [-0.05, 0) is 31.0 Å². The Morgan fingerprint density at radius 3 is 2.54 bits per heavy atom. The van der Waals surface area contributed by atoms with Crippen LogP contribution in [-0.2, 0) is 16.6 Å². The molecule has 0 atom stereocenters. The Labute approximate surface area is 161 Å². The number of halogens is 1. The van der Waals surface area contributed by atoms with Crippen molar-refractivity contribution in [2.45, 2.75) is 24.3 Å². The van der Waals surface area contributed by atoms with Crippen LogP contribution in [0.1, 0.15) is 28.8 Å². The molecular formula is C18H18FN3O5S. The monoisotopic (exact) mass is 407 g/mol. The molecule has 0 saturated carbocycles. The minimum atomic E-state index is -4.02. The van der Waals surface area contributed by atoms with Crippen LogP contribution in [0.3, 0.4) is 0 Å². The highest BCUT2D eigenvalue weighted by molar-refractivity contribution is 7.89. The smallest absolute Gasteiger partial charge is 0.274 e. The number of benzene rings is 2. The van der Waals surface area contributed by atoms with E-state index in [1.165, 1.54) is 28.6 Å². The number of hydrogen-bond donors (Lipinski definition) is 1. The van der Waals surface area contributed by atoms with Crippen LogP contribution in [0.5, 0.6) is 0 Å². The molecule has 1 amide bonds. The first-order valence-electron chi connectivity index (χ1n) is 8.61. The van der Waals surface area contributed by atoms with Crippen LogP contribution in [0.15, 0.2) is 47.4 Å². The largest absolute Gasteiger partial charge is 0.348 e. The molecule has 1 heterocycles. The van der Waals surface area contributed by atoms with Crippen molar-refractivity contribution in [3.8, 4) is 0 Å². The van der Waals surface area contributed by atoms with E-state index in [4.69, 9.17) is 0 Å². The van der Waals surface area contributed by atoms with Gasteiger partial charge in [0, 0.05) is 36.8 Å². The van der Waals surface area contributed by atoms with Gasteiger partial charge in [-0.3, -0.25) is 14.9 Å². The fourth-order valence-electron chi connectivity index (χ4n) is 3.03. The van der Waals surface area contributed by atoms with Gasteiger partial charge in [-0.15, -0.1) is 0 Å². The number of nitrogens with zero attached hydrogens (tertiary/aromatic N) is 2. The maximum atomic E-state index is 14.2. The summed E-state index contributed by atoms with van der Waals surface area (Å²) in [4.78, 5) is 22.3. The van der Waals surface area contributed by atoms with E-state index >= 15 is 0 Å². The third-order valence-electron chi connectivity index (χ3n) is 4.50. The van der Waals surface area contributed by atoms with E-state index in [0.717, 1.165) is 12.1 Å². The molecule has 1 N–H and O–H groups in total. The highest BCUT2D eigenvalue weighted by Crippen LogP contribution is 2.24. The van der Waals surface area contributed by atoms with E-state index in [-0.39, 0.29) is 17.8 Å². The molecule has 3 rings (SSSR count). The van der Waals surface area contributed by atoms with E-state index in [1.807, 2.05) is 0 Å². The predicted molar refractivity (Wildman–Crippen MR) is 98.7 cm³/mol. The number of nitro benzene ring substituents is 1. The van der Waals surface area contributed by atoms with Gasteiger partial charge in [0.05, 0.1) is 4.92 Å². The minimum absolute atomic E-state index is 0.0437. The number of para-hydroxylation sites is 1.